The van der Waals surface area contributed by atoms with Crippen molar-refractivity contribution in [3.63, 3.8) is 0 Å². The van der Waals surface area contributed by atoms with E-state index in [1.54, 1.807) is 0 Å². The van der Waals surface area contributed by atoms with Gasteiger partial charge >= 0.3 is 0 Å². The van der Waals surface area contributed by atoms with Gasteiger partial charge in [-0.25, -0.2) is 0 Å². The van der Waals surface area contributed by atoms with E-state index in [-0.39, 0.29) is 0 Å². The molecule has 115 valence electrons. The summed E-state index contributed by atoms with van der Waals surface area (Å²) in [6, 6.07) is 0. The van der Waals surface area contributed by atoms with Gasteiger partial charge in [0.25, 0.3) is 0 Å². The van der Waals surface area contributed by atoms with Gasteiger partial charge in [0.1, 0.15) is 0 Å². The van der Waals surface area contributed by atoms with Gasteiger partial charge in [-0.3, -0.25) is 0 Å². The maximum absolute atomic E-state index is 2.73. The monoisotopic (exact) mass is 267 g/mol. The molecule has 0 aliphatic heterocycles. The summed E-state index contributed by atoms with van der Waals surface area (Å²) in [5.41, 5.74) is 0. The van der Waals surface area contributed by atoms with E-state index in [2.05, 4.69) is 34.1 Å². The predicted octanol–water partition coefficient (Wildman–Crippen LogP) is 7.18. The highest BCUT2D eigenvalue weighted by molar-refractivity contribution is 4.83. The minimum Gasteiger partial charge on any atom is -0.0654 e. The van der Waals surface area contributed by atoms with E-state index in [0.717, 1.165) is 11.8 Å². The molecular formula is C19H39. The van der Waals surface area contributed by atoms with Crippen LogP contribution in [0.5, 0.6) is 0 Å². The Kier molecular flexibility index (Phi) is 14.4. The second kappa shape index (κ2) is 14.4. The molecule has 0 heterocycles. The summed E-state index contributed by atoms with van der Waals surface area (Å²) in [6.45, 7) is 9.30. The van der Waals surface area contributed by atoms with E-state index in [0.29, 0.717) is 0 Å². The Morgan fingerprint density at radius 3 is 1.63 bits per heavy atom. The van der Waals surface area contributed by atoms with Gasteiger partial charge in [0, 0.05) is 0 Å². The molecule has 0 spiro atoms. The van der Waals surface area contributed by atoms with E-state index in [1.165, 1.54) is 77.0 Å². The molecule has 19 heavy (non-hydrogen) atoms. The summed E-state index contributed by atoms with van der Waals surface area (Å²) in [4.78, 5) is 0. The molecule has 0 aliphatic carbocycles. The first kappa shape index (κ1) is 19.0. The van der Waals surface area contributed by atoms with E-state index >= 15 is 0 Å². The predicted molar refractivity (Wildman–Crippen MR) is 89.4 cm³/mol. The van der Waals surface area contributed by atoms with Crippen LogP contribution in [-0.4, -0.2) is 0 Å². The SMILES string of the molecule is CCCCCCC([CH]C(CC)CCCC)CCCC. The lowest BCUT2D eigenvalue weighted by Crippen LogP contribution is -2.10. The van der Waals surface area contributed by atoms with Gasteiger partial charge in [0.05, 0.1) is 0 Å². The van der Waals surface area contributed by atoms with Crippen LogP contribution in [0.1, 0.15) is 105 Å². The van der Waals surface area contributed by atoms with Crippen LogP contribution in [0.25, 0.3) is 0 Å². The Hall–Kier alpha value is 0. The number of rotatable bonds is 14. The maximum atomic E-state index is 2.73. The molecule has 0 aromatic rings. The highest BCUT2D eigenvalue weighted by Gasteiger charge is 2.15. The van der Waals surface area contributed by atoms with Crippen molar-refractivity contribution in [2.75, 3.05) is 0 Å². The van der Waals surface area contributed by atoms with E-state index in [1.807, 2.05) is 0 Å². The van der Waals surface area contributed by atoms with Crippen LogP contribution in [0.2, 0.25) is 0 Å². The van der Waals surface area contributed by atoms with Crippen molar-refractivity contribution in [3.05, 3.63) is 6.42 Å². The first-order valence-corrected chi connectivity index (χ1v) is 9.13. The molecule has 0 amide bonds. The summed E-state index contributed by atoms with van der Waals surface area (Å²) in [5.74, 6) is 1.78. The third-order valence-electron chi connectivity index (χ3n) is 4.35. The minimum absolute atomic E-state index is 0.882. The summed E-state index contributed by atoms with van der Waals surface area (Å²) in [7, 11) is 0. The van der Waals surface area contributed by atoms with Crippen LogP contribution in [0, 0.1) is 18.3 Å². The van der Waals surface area contributed by atoms with Crippen molar-refractivity contribution < 1.29 is 0 Å². The number of hydrogen-bond donors (Lipinski definition) is 0. The van der Waals surface area contributed by atoms with Gasteiger partial charge < -0.3 is 0 Å². The average molecular weight is 268 g/mol. The molecule has 0 rings (SSSR count). The molecule has 0 heteroatoms. The molecule has 0 bridgehead atoms. The van der Waals surface area contributed by atoms with E-state index in [9.17, 15) is 0 Å². The quantitative estimate of drug-likeness (QED) is 0.292. The molecule has 0 nitrogen and oxygen atoms in total. The van der Waals surface area contributed by atoms with Crippen LogP contribution in [0.3, 0.4) is 0 Å². The first-order chi connectivity index (χ1) is 9.28. The molecular weight excluding hydrogens is 228 g/mol. The lowest BCUT2D eigenvalue weighted by atomic mass is 9.83. The Morgan fingerprint density at radius 2 is 1.11 bits per heavy atom. The van der Waals surface area contributed by atoms with Crippen LogP contribution >= 0.6 is 0 Å². The molecule has 2 unspecified atom stereocenters. The molecule has 0 saturated carbocycles. The topological polar surface area (TPSA) is 0 Å². The molecule has 0 N–H and O–H groups in total. The van der Waals surface area contributed by atoms with Crippen LogP contribution < -0.4 is 0 Å². The molecule has 2 atom stereocenters. The zero-order valence-corrected chi connectivity index (χ0v) is 14.2. The van der Waals surface area contributed by atoms with Gasteiger partial charge in [-0.2, -0.15) is 0 Å². The zero-order chi connectivity index (χ0) is 14.3. The Balaban J connectivity index is 3.99. The first-order valence-electron chi connectivity index (χ1n) is 9.13. The Bertz CT molecular complexity index is 161. The van der Waals surface area contributed by atoms with Gasteiger partial charge in [-0.05, 0) is 18.3 Å². The Labute approximate surface area is 123 Å². The van der Waals surface area contributed by atoms with Crippen molar-refractivity contribution in [2.24, 2.45) is 11.8 Å². The molecule has 1 radical (unpaired) electrons. The summed E-state index contributed by atoms with van der Waals surface area (Å²) in [5, 5.41) is 0. The third kappa shape index (κ3) is 11.5. The summed E-state index contributed by atoms with van der Waals surface area (Å²) < 4.78 is 0. The smallest absolute Gasteiger partial charge is 0.0324 e. The van der Waals surface area contributed by atoms with Gasteiger partial charge in [0.2, 0.25) is 0 Å². The molecule has 0 fully saturated rings. The van der Waals surface area contributed by atoms with Gasteiger partial charge in [0.15, 0.2) is 0 Å². The third-order valence-corrected chi connectivity index (χ3v) is 4.35. The minimum atomic E-state index is 0.882. The fourth-order valence-electron chi connectivity index (χ4n) is 2.92. The second-order valence-electron chi connectivity index (χ2n) is 6.25. The molecule has 0 aromatic heterocycles. The summed E-state index contributed by atoms with van der Waals surface area (Å²) in [6.07, 6.45) is 19.6. The normalized spacial score (nSPS) is 14.5. The van der Waals surface area contributed by atoms with Crippen molar-refractivity contribution in [1.29, 1.82) is 0 Å². The fraction of sp³-hybridized carbons (Fsp3) is 0.947. The maximum Gasteiger partial charge on any atom is -0.0324 e. The van der Waals surface area contributed by atoms with Crippen molar-refractivity contribution in [1.82, 2.24) is 0 Å². The average Bonchev–Trinajstić information content (AvgIpc) is 2.44. The van der Waals surface area contributed by atoms with Gasteiger partial charge in [-0.1, -0.05) is 105 Å². The lowest BCUT2D eigenvalue weighted by molar-refractivity contribution is 0.387. The second-order valence-corrected chi connectivity index (χ2v) is 6.25. The standard InChI is InChI=1S/C19H39/c1-5-9-12-13-16-19(15-11-7-3)17-18(8-4)14-10-6-2/h17-19H,5-16H2,1-4H3. The molecule has 0 aliphatic rings. The van der Waals surface area contributed by atoms with Crippen LogP contribution in [0.15, 0.2) is 0 Å². The fourth-order valence-corrected chi connectivity index (χ4v) is 2.92. The number of unbranched alkanes of at least 4 members (excludes halogenated alkanes) is 5. The van der Waals surface area contributed by atoms with Crippen molar-refractivity contribution in [2.45, 2.75) is 105 Å². The van der Waals surface area contributed by atoms with Crippen LogP contribution in [-0.2, 0) is 0 Å². The number of hydrogen-bond acceptors (Lipinski definition) is 0. The largest absolute Gasteiger partial charge is 0.0654 e. The van der Waals surface area contributed by atoms with E-state index in [4.69, 9.17) is 0 Å². The highest BCUT2D eigenvalue weighted by Crippen LogP contribution is 2.27. The molecule has 0 aromatic carbocycles. The lowest BCUT2D eigenvalue weighted by Gasteiger charge is -2.22. The zero-order valence-electron chi connectivity index (χ0n) is 14.2. The van der Waals surface area contributed by atoms with E-state index < -0.39 is 0 Å². The summed E-state index contributed by atoms with van der Waals surface area (Å²) >= 11 is 0. The Morgan fingerprint density at radius 1 is 0.579 bits per heavy atom. The van der Waals surface area contributed by atoms with Crippen molar-refractivity contribution >= 4 is 0 Å². The molecule has 0 saturated heterocycles. The van der Waals surface area contributed by atoms with Gasteiger partial charge in [-0.15, -0.1) is 0 Å². The highest BCUT2D eigenvalue weighted by atomic mass is 14.2. The van der Waals surface area contributed by atoms with Crippen molar-refractivity contribution in [3.8, 4) is 0 Å². The van der Waals surface area contributed by atoms with Crippen LogP contribution in [0.4, 0.5) is 0 Å².